The maximum absolute atomic E-state index is 11.8. The molecule has 0 fully saturated rings. The van der Waals surface area contributed by atoms with Crippen LogP contribution in [0.4, 0.5) is 0 Å². The molecule has 2 aromatic heterocycles. The molecular weight excluding hydrogens is 343 g/mol. The largest absolute Gasteiger partial charge is 0.420 e. The Bertz CT molecular complexity index is 607. The van der Waals surface area contributed by atoms with Crippen molar-refractivity contribution in [2.75, 3.05) is 0 Å². The topological polar surface area (TPSA) is 52.1 Å². The van der Waals surface area contributed by atoms with E-state index in [0.717, 1.165) is 0 Å². The Labute approximate surface area is 121 Å². The van der Waals surface area contributed by atoms with E-state index in [1.807, 2.05) is 0 Å². The maximum atomic E-state index is 11.8. The molecule has 2 rings (SSSR count). The summed E-state index contributed by atoms with van der Waals surface area (Å²) in [5.41, 5.74) is 0.208. The molecule has 0 radical (unpaired) electrons. The molecule has 0 amide bonds. The fraction of sp³-hybridized carbons (Fsp3) is 0. The van der Waals surface area contributed by atoms with Gasteiger partial charge in [0.2, 0.25) is 0 Å². The van der Waals surface area contributed by atoms with Crippen LogP contribution in [-0.4, -0.2) is 15.9 Å². The first-order valence-electron chi connectivity index (χ1n) is 4.71. The van der Waals surface area contributed by atoms with Crippen LogP contribution in [0.3, 0.4) is 0 Å². The third-order valence-electron chi connectivity index (χ3n) is 1.96. The second-order valence-electron chi connectivity index (χ2n) is 3.18. The van der Waals surface area contributed by atoms with Gasteiger partial charge in [0.1, 0.15) is 9.76 Å². The van der Waals surface area contributed by atoms with Gasteiger partial charge in [-0.25, -0.2) is 14.8 Å². The summed E-state index contributed by atoms with van der Waals surface area (Å²) >= 11 is 14.6. The smallest absolute Gasteiger partial charge is 0.345 e. The number of esters is 1. The zero-order valence-electron chi connectivity index (χ0n) is 8.73. The molecule has 0 unspecified atom stereocenters. The number of hydrogen-bond acceptors (Lipinski definition) is 4. The second kappa shape index (κ2) is 5.65. The lowest BCUT2D eigenvalue weighted by atomic mass is 10.3. The van der Waals surface area contributed by atoms with Crippen LogP contribution in [0.25, 0.3) is 0 Å². The van der Waals surface area contributed by atoms with E-state index in [1.54, 1.807) is 18.3 Å². The Morgan fingerprint density at radius 1 is 1.33 bits per heavy atom. The SMILES string of the molecule is O=C(Oc1cccnc1Br)c1cnc(Cl)c(Cl)c1. The van der Waals surface area contributed by atoms with Crippen LogP contribution in [-0.2, 0) is 0 Å². The van der Waals surface area contributed by atoms with Gasteiger partial charge in [0.25, 0.3) is 0 Å². The number of carbonyl (C=O) groups excluding carboxylic acids is 1. The van der Waals surface area contributed by atoms with Crippen molar-refractivity contribution in [3.8, 4) is 5.75 Å². The zero-order chi connectivity index (χ0) is 13.1. The first-order chi connectivity index (χ1) is 8.58. The highest BCUT2D eigenvalue weighted by molar-refractivity contribution is 9.10. The third kappa shape index (κ3) is 2.98. The first-order valence-corrected chi connectivity index (χ1v) is 6.26. The molecule has 0 N–H and O–H groups in total. The van der Waals surface area contributed by atoms with Gasteiger partial charge in [-0.2, -0.15) is 0 Å². The standard InChI is InChI=1S/C11H5BrCl2N2O2/c12-9-8(2-1-3-15-9)18-11(17)6-4-7(13)10(14)16-5-6/h1-5H. The minimum Gasteiger partial charge on any atom is -0.420 e. The van der Waals surface area contributed by atoms with Gasteiger partial charge < -0.3 is 4.74 Å². The molecule has 0 aromatic carbocycles. The van der Waals surface area contributed by atoms with E-state index in [-0.39, 0.29) is 15.7 Å². The van der Waals surface area contributed by atoms with Crippen LogP contribution in [0.2, 0.25) is 10.2 Å². The van der Waals surface area contributed by atoms with Gasteiger partial charge in [0.15, 0.2) is 5.75 Å². The van der Waals surface area contributed by atoms with E-state index in [1.165, 1.54) is 12.3 Å². The second-order valence-corrected chi connectivity index (χ2v) is 4.69. The van der Waals surface area contributed by atoms with Gasteiger partial charge in [0.05, 0.1) is 10.6 Å². The van der Waals surface area contributed by atoms with Crippen LogP contribution in [0.1, 0.15) is 10.4 Å². The number of aromatic nitrogens is 2. The number of hydrogen-bond donors (Lipinski definition) is 0. The molecule has 0 aliphatic carbocycles. The number of ether oxygens (including phenoxy) is 1. The van der Waals surface area contributed by atoms with Crippen LogP contribution >= 0.6 is 39.1 Å². The van der Waals surface area contributed by atoms with E-state index in [9.17, 15) is 4.79 Å². The van der Waals surface area contributed by atoms with Gasteiger partial charge in [-0.1, -0.05) is 23.2 Å². The molecule has 0 saturated heterocycles. The van der Waals surface area contributed by atoms with E-state index < -0.39 is 5.97 Å². The highest BCUT2D eigenvalue weighted by atomic mass is 79.9. The van der Waals surface area contributed by atoms with Crippen molar-refractivity contribution in [3.63, 3.8) is 0 Å². The monoisotopic (exact) mass is 346 g/mol. The number of rotatable bonds is 2. The fourth-order valence-corrected chi connectivity index (χ4v) is 1.74. The molecule has 7 heteroatoms. The summed E-state index contributed by atoms with van der Waals surface area (Å²) in [6, 6.07) is 4.66. The van der Waals surface area contributed by atoms with Crippen LogP contribution < -0.4 is 4.74 Å². The summed E-state index contributed by atoms with van der Waals surface area (Å²) in [4.78, 5) is 19.5. The number of carbonyl (C=O) groups is 1. The van der Waals surface area contributed by atoms with E-state index >= 15 is 0 Å². The lowest BCUT2D eigenvalue weighted by Gasteiger charge is -2.05. The molecule has 0 saturated carbocycles. The van der Waals surface area contributed by atoms with E-state index in [4.69, 9.17) is 27.9 Å². The highest BCUT2D eigenvalue weighted by Gasteiger charge is 2.13. The lowest BCUT2D eigenvalue weighted by Crippen LogP contribution is -2.09. The van der Waals surface area contributed by atoms with Crippen molar-refractivity contribution >= 4 is 45.1 Å². The van der Waals surface area contributed by atoms with Crippen LogP contribution in [0.5, 0.6) is 5.75 Å². The minimum absolute atomic E-state index is 0.135. The molecule has 0 bridgehead atoms. The van der Waals surface area contributed by atoms with Crippen molar-refractivity contribution in [1.29, 1.82) is 0 Å². The van der Waals surface area contributed by atoms with Gasteiger partial charge in [-0.3, -0.25) is 0 Å². The van der Waals surface area contributed by atoms with Gasteiger partial charge >= 0.3 is 5.97 Å². The molecule has 0 atom stereocenters. The van der Waals surface area contributed by atoms with Crippen molar-refractivity contribution in [2.45, 2.75) is 0 Å². The molecule has 92 valence electrons. The molecule has 0 aliphatic heterocycles. The third-order valence-corrected chi connectivity index (χ3v) is 3.24. The number of halogens is 3. The summed E-state index contributed by atoms with van der Waals surface area (Å²) in [7, 11) is 0. The van der Waals surface area contributed by atoms with E-state index in [0.29, 0.717) is 10.4 Å². The number of pyridine rings is 2. The Hall–Kier alpha value is -1.17. The lowest BCUT2D eigenvalue weighted by molar-refractivity contribution is 0.0732. The Morgan fingerprint density at radius 2 is 2.11 bits per heavy atom. The van der Waals surface area contributed by atoms with Crippen molar-refractivity contribution in [1.82, 2.24) is 9.97 Å². The van der Waals surface area contributed by atoms with Crippen molar-refractivity contribution in [2.24, 2.45) is 0 Å². The predicted molar refractivity (Wildman–Crippen MR) is 71.2 cm³/mol. The fourth-order valence-electron chi connectivity index (χ4n) is 1.14. The predicted octanol–water partition coefficient (Wildman–Crippen LogP) is 3.77. The summed E-state index contributed by atoms with van der Waals surface area (Å²) in [5.74, 6) is -0.275. The molecule has 0 spiro atoms. The van der Waals surface area contributed by atoms with Crippen LogP contribution in [0.15, 0.2) is 35.2 Å². The van der Waals surface area contributed by atoms with Crippen molar-refractivity contribution < 1.29 is 9.53 Å². The molecule has 0 aliphatic rings. The molecule has 18 heavy (non-hydrogen) atoms. The Morgan fingerprint density at radius 3 is 2.78 bits per heavy atom. The van der Waals surface area contributed by atoms with Gasteiger partial charge in [-0.05, 0) is 34.1 Å². The van der Waals surface area contributed by atoms with Gasteiger partial charge in [0, 0.05) is 12.4 Å². The highest BCUT2D eigenvalue weighted by Crippen LogP contribution is 2.24. The Balaban J connectivity index is 2.22. The molecule has 2 aromatic rings. The average Bonchev–Trinajstić information content (AvgIpc) is 2.35. The summed E-state index contributed by atoms with van der Waals surface area (Å²) < 4.78 is 5.57. The summed E-state index contributed by atoms with van der Waals surface area (Å²) in [6.45, 7) is 0. The zero-order valence-corrected chi connectivity index (χ0v) is 11.8. The summed E-state index contributed by atoms with van der Waals surface area (Å²) in [6.07, 6.45) is 2.86. The normalized spacial score (nSPS) is 10.2. The maximum Gasteiger partial charge on any atom is 0.345 e. The Kier molecular flexibility index (Phi) is 4.16. The quantitative estimate of drug-likeness (QED) is 0.613. The molecular formula is C11H5BrCl2N2O2. The molecule has 4 nitrogen and oxygen atoms in total. The summed E-state index contributed by atoms with van der Waals surface area (Å²) in [5, 5.41) is 0.326. The van der Waals surface area contributed by atoms with E-state index in [2.05, 4.69) is 25.9 Å². The van der Waals surface area contributed by atoms with Crippen LogP contribution in [0, 0.1) is 0 Å². The minimum atomic E-state index is -0.588. The van der Waals surface area contributed by atoms with Crippen molar-refractivity contribution in [3.05, 3.63) is 50.9 Å². The number of nitrogens with zero attached hydrogens (tertiary/aromatic N) is 2. The first kappa shape index (κ1) is 13.3. The average molecular weight is 348 g/mol. The van der Waals surface area contributed by atoms with Gasteiger partial charge in [-0.15, -0.1) is 0 Å². The molecule has 2 heterocycles.